The normalized spacial score (nSPS) is 24.3. The van der Waals surface area contributed by atoms with E-state index < -0.39 is 18.5 Å². The van der Waals surface area contributed by atoms with Crippen LogP contribution >= 0.6 is 0 Å². The molecule has 1 N–H and O–H groups in total. The smallest absolute Gasteiger partial charge is 0.267 e. The maximum atomic E-state index is 13.4. The molecule has 4 rings (SSSR count). The van der Waals surface area contributed by atoms with Gasteiger partial charge in [0, 0.05) is 25.1 Å². The summed E-state index contributed by atoms with van der Waals surface area (Å²) < 4.78 is 33.6. The van der Waals surface area contributed by atoms with Crippen molar-refractivity contribution in [3.8, 4) is 17.0 Å². The van der Waals surface area contributed by atoms with E-state index in [9.17, 15) is 13.6 Å². The van der Waals surface area contributed by atoms with Gasteiger partial charge in [0.25, 0.3) is 5.92 Å². The number of carbonyl (C=O) groups is 1. The number of carbonyl (C=O) groups excluding carboxylic acids is 1. The van der Waals surface area contributed by atoms with Crippen molar-refractivity contribution in [2.75, 3.05) is 26.7 Å². The second-order valence-corrected chi connectivity index (χ2v) is 7.03. The van der Waals surface area contributed by atoms with E-state index in [1.165, 1.54) is 4.90 Å². The van der Waals surface area contributed by atoms with Crippen molar-refractivity contribution in [2.45, 2.75) is 30.8 Å². The maximum absolute atomic E-state index is 13.4. The van der Waals surface area contributed by atoms with Gasteiger partial charge in [0.15, 0.2) is 0 Å². The van der Waals surface area contributed by atoms with Crippen molar-refractivity contribution in [2.24, 2.45) is 0 Å². The van der Waals surface area contributed by atoms with E-state index in [1.54, 1.807) is 11.8 Å². The number of methoxy groups -OCH3 is 1. The molecule has 2 aliphatic heterocycles. The zero-order valence-corrected chi connectivity index (χ0v) is 14.9. The summed E-state index contributed by atoms with van der Waals surface area (Å²) >= 11 is 0. The fourth-order valence-electron chi connectivity index (χ4n) is 3.60. The Morgan fingerprint density at radius 1 is 1.33 bits per heavy atom. The van der Waals surface area contributed by atoms with Gasteiger partial charge in [0.1, 0.15) is 11.4 Å². The number of nitrogens with one attached hydrogen (secondary N) is 1. The van der Waals surface area contributed by atoms with E-state index in [2.05, 4.69) is 15.6 Å². The van der Waals surface area contributed by atoms with E-state index in [0.29, 0.717) is 13.0 Å². The summed E-state index contributed by atoms with van der Waals surface area (Å²) in [6, 6.07) is 7.01. The van der Waals surface area contributed by atoms with Gasteiger partial charge in [-0.2, -0.15) is 0 Å². The number of halogens is 2. The lowest BCUT2D eigenvalue weighted by atomic mass is 10.1. The average Bonchev–Trinajstić information content (AvgIpc) is 3.40. The Bertz CT molecular complexity index is 823. The van der Waals surface area contributed by atoms with E-state index in [0.717, 1.165) is 17.0 Å². The topological polar surface area (TPSA) is 72.3 Å². The molecule has 0 unspecified atom stereocenters. The summed E-state index contributed by atoms with van der Waals surface area (Å²) in [5.41, 5.74) is 1.64. The molecule has 2 fully saturated rings. The highest BCUT2D eigenvalue weighted by Crippen LogP contribution is 2.29. The molecule has 1 amide bonds. The van der Waals surface area contributed by atoms with Crippen LogP contribution in [0.1, 0.15) is 18.9 Å². The minimum atomic E-state index is -2.77. The van der Waals surface area contributed by atoms with Crippen LogP contribution in [0.2, 0.25) is 0 Å². The summed E-state index contributed by atoms with van der Waals surface area (Å²) in [6.45, 7) is 0.172. The fourth-order valence-corrected chi connectivity index (χ4v) is 3.60. The lowest BCUT2D eigenvalue weighted by molar-refractivity contribution is -0.133. The van der Waals surface area contributed by atoms with Gasteiger partial charge in [0.2, 0.25) is 5.91 Å². The van der Waals surface area contributed by atoms with Crippen molar-refractivity contribution < 1.29 is 18.3 Å². The van der Waals surface area contributed by atoms with Gasteiger partial charge in [-0.3, -0.25) is 4.79 Å². The molecule has 1 aromatic carbocycles. The molecule has 0 spiro atoms. The highest BCUT2D eigenvalue weighted by Gasteiger charge is 2.43. The first kappa shape index (κ1) is 17.8. The van der Waals surface area contributed by atoms with E-state index in [-0.39, 0.29) is 24.9 Å². The van der Waals surface area contributed by atoms with Crippen LogP contribution in [0.5, 0.6) is 5.75 Å². The Balaban J connectivity index is 1.40. The van der Waals surface area contributed by atoms with E-state index in [4.69, 9.17) is 4.74 Å². The molecule has 0 saturated carbocycles. The summed E-state index contributed by atoms with van der Waals surface area (Å²) in [5.74, 6) is -2.27. The Hall–Kier alpha value is -2.55. The quantitative estimate of drug-likeness (QED) is 0.879. The van der Waals surface area contributed by atoms with Gasteiger partial charge in [-0.15, -0.1) is 5.10 Å². The van der Waals surface area contributed by atoms with Crippen molar-refractivity contribution >= 4 is 5.91 Å². The second-order valence-electron chi connectivity index (χ2n) is 7.03. The van der Waals surface area contributed by atoms with Gasteiger partial charge >= 0.3 is 0 Å². The van der Waals surface area contributed by atoms with E-state index >= 15 is 0 Å². The highest BCUT2D eigenvalue weighted by atomic mass is 19.3. The highest BCUT2D eigenvalue weighted by molar-refractivity contribution is 5.82. The predicted molar refractivity (Wildman–Crippen MR) is 93.6 cm³/mol. The van der Waals surface area contributed by atoms with Crippen LogP contribution in [-0.2, 0) is 4.79 Å². The SMILES string of the molecule is COc1ccc(-c2cn([C@@H]3CN[C@H](C(=O)N4CCC(F)(F)C4)C3)nn2)cc1. The lowest BCUT2D eigenvalue weighted by Gasteiger charge is -2.20. The molecular formula is C18H21F2N5O2. The largest absolute Gasteiger partial charge is 0.497 e. The molecule has 2 atom stereocenters. The lowest BCUT2D eigenvalue weighted by Crippen LogP contribution is -2.43. The van der Waals surface area contributed by atoms with Crippen LogP contribution in [-0.4, -0.2) is 64.5 Å². The Kier molecular flexibility index (Phi) is 4.55. The van der Waals surface area contributed by atoms with E-state index in [1.807, 2.05) is 30.5 Å². The molecule has 7 nitrogen and oxygen atoms in total. The molecule has 2 saturated heterocycles. The third kappa shape index (κ3) is 3.64. The van der Waals surface area contributed by atoms with Gasteiger partial charge in [-0.1, -0.05) is 5.21 Å². The third-order valence-electron chi connectivity index (χ3n) is 5.16. The number of amides is 1. The molecule has 144 valence electrons. The molecule has 3 heterocycles. The number of ether oxygens (including phenoxy) is 1. The van der Waals surface area contributed by atoms with Crippen LogP contribution in [0.15, 0.2) is 30.5 Å². The minimum Gasteiger partial charge on any atom is -0.497 e. The molecule has 1 aromatic heterocycles. The van der Waals surface area contributed by atoms with Crippen LogP contribution < -0.4 is 10.1 Å². The predicted octanol–water partition coefficient (Wildman–Crippen LogP) is 1.72. The summed E-state index contributed by atoms with van der Waals surface area (Å²) in [6.07, 6.45) is 2.08. The molecule has 2 aliphatic rings. The number of nitrogens with zero attached hydrogens (tertiary/aromatic N) is 4. The number of hydrogen-bond acceptors (Lipinski definition) is 5. The van der Waals surface area contributed by atoms with Gasteiger partial charge < -0.3 is 15.0 Å². The number of benzene rings is 1. The molecule has 0 bridgehead atoms. The summed E-state index contributed by atoms with van der Waals surface area (Å²) in [7, 11) is 1.61. The molecule has 0 radical (unpaired) electrons. The first-order valence-electron chi connectivity index (χ1n) is 8.91. The Morgan fingerprint density at radius 3 is 2.78 bits per heavy atom. The zero-order chi connectivity index (χ0) is 19.0. The molecule has 0 aliphatic carbocycles. The Labute approximate surface area is 155 Å². The van der Waals surface area contributed by atoms with Crippen LogP contribution in [0.3, 0.4) is 0 Å². The van der Waals surface area contributed by atoms with Crippen molar-refractivity contribution in [1.29, 1.82) is 0 Å². The standard InChI is InChI=1S/C18H21F2N5O2/c1-27-14-4-2-12(3-5-14)16-10-25(23-22-16)13-8-15(21-9-13)17(26)24-7-6-18(19,20)11-24/h2-5,10,13,15,21H,6-9,11H2,1H3/t13-,15-/m0/s1. The second kappa shape index (κ2) is 6.88. The molecule has 9 heteroatoms. The first-order valence-corrected chi connectivity index (χ1v) is 8.91. The van der Waals surface area contributed by atoms with Gasteiger partial charge in [0.05, 0.1) is 31.9 Å². The number of aromatic nitrogens is 3. The van der Waals surface area contributed by atoms with Crippen LogP contribution in [0, 0.1) is 0 Å². The fraction of sp³-hybridized carbons (Fsp3) is 0.500. The number of likely N-dealkylation sites (tertiary alicyclic amines) is 1. The Morgan fingerprint density at radius 2 is 2.11 bits per heavy atom. The van der Waals surface area contributed by atoms with Crippen molar-refractivity contribution in [3.05, 3.63) is 30.5 Å². The van der Waals surface area contributed by atoms with Gasteiger partial charge in [-0.05, 0) is 30.7 Å². The third-order valence-corrected chi connectivity index (χ3v) is 5.16. The van der Waals surface area contributed by atoms with Gasteiger partial charge in [-0.25, -0.2) is 13.5 Å². The molecular weight excluding hydrogens is 356 g/mol. The molecule has 27 heavy (non-hydrogen) atoms. The summed E-state index contributed by atoms with van der Waals surface area (Å²) in [4.78, 5) is 13.7. The average molecular weight is 377 g/mol. The zero-order valence-electron chi connectivity index (χ0n) is 14.9. The van der Waals surface area contributed by atoms with Crippen molar-refractivity contribution in [1.82, 2.24) is 25.2 Å². The summed E-state index contributed by atoms with van der Waals surface area (Å²) in [5, 5.41) is 11.5. The van der Waals surface area contributed by atoms with Crippen LogP contribution in [0.4, 0.5) is 8.78 Å². The monoisotopic (exact) mass is 377 g/mol. The number of alkyl halides is 2. The minimum absolute atomic E-state index is 0.0402. The van der Waals surface area contributed by atoms with Crippen molar-refractivity contribution in [3.63, 3.8) is 0 Å². The first-order chi connectivity index (χ1) is 12.9. The number of hydrogen-bond donors (Lipinski definition) is 1. The van der Waals surface area contributed by atoms with Crippen LogP contribution in [0.25, 0.3) is 11.3 Å². The number of rotatable bonds is 4. The maximum Gasteiger partial charge on any atom is 0.267 e. The molecule has 2 aromatic rings.